The summed E-state index contributed by atoms with van der Waals surface area (Å²) in [5.74, 6) is 0.651. The Balaban J connectivity index is 2.70. The molecule has 4 heteroatoms. The van der Waals surface area contributed by atoms with E-state index in [1.165, 1.54) is 6.42 Å². The quantitative estimate of drug-likeness (QED) is 0.527. The van der Waals surface area contributed by atoms with Gasteiger partial charge in [-0.1, -0.05) is 13.3 Å². The molecule has 0 aliphatic heterocycles. The van der Waals surface area contributed by atoms with Gasteiger partial charge >= 0.3 is 0 Å². The van der Waals surface area contributed by atoms with E-state index in [9.17, 15) is 0 Å². The zero-order chi connectivity index (χ0) is 8.81. The monoisotopic (exact) mass is 181 g/mol. The van der Waals surface area contributed by atoms with Crippen molar-refractivity contribution in [2.24, 2.45) is 4.99 Å². The second-order valence-electron chi connectivity index (χ2n) is 2.48. The Morgan fingerprint density at radius 2 is 2.58 bits per heavy atom. The Morgan fingerprint density at radius 3 is 3.25 bits per heavy atom. The van der Waals surface area contributed by atoms with E-state index in [4.69, 9.17) is 0 Å². The Labute approximate surface area is 77.1 Å². The van der Waals surface area contributed by atoms with Crippen molar-refractivity contribution in [2.45, 2.75) is 26.3 Å². The van der Waals surface area contributed by atoms with Crippen molar-refractivity contribution in [3.63, 3.8) is 0 Å². The van der Waals surface area contributed by atoms with Crippen LogP contribution in [-0.4, -0.2) is 14.7 Å². The fourth-order valence-electron chi connectivity index (χ4n) is 0.958. The number of aliphatic imine (C=N–C) groups is 1. The highest BCUT2D eigenvalue weighted by Gasteiger charge is 1.97. The summed E-state index contributed by atoms with van der Waals surface area (Å²) >= 11 is 4.50. The summed E-state index contributed by atoms with van der Waals surface area (Å²) in [6.07, 6.45) is 5.93. The minimum atomic E-state index is 0.651. The minimum absolute atomic E-state index is 0.651. The number of hydrogen-bond donors (Lipinski definition) is 0. The van der Waals surface area contributed by atoms with Gasteiger partial charge in [-0.15, -0.1) is 0 Å². The molecule has 0 saturated carbocycles. The van der Waals surface area contributed by atoms with Crippen LogP contribution in [0.25, 0.3) is 0 Å². The molecule has 1 aromatic heterocycles. The highest BCUT2D eigenvalue weighted by molar-refractivity contribution is 7.78. The zero-order valence-electron chi connectivity index (χ0n) is 7.03. The predicted molar refractivity (Wildman–Crippen MR) is 51.8 cm³/mol. The van der Waals surface area contributed by atoms with Crippen LogP contribution < -0.4 is 0 Å². The van der Waals surface area contributed by atoms with Crippen LogP contribution in [0.5, 0.6) is 0 Å². The van der Waals surface area contributed by atoms with Gasteiger partial charge in [-0.3, -0.25) is 0 Å². The van der Waals surface area contributed by atoms with E-state index in [-0.39, 0.29) is 0 Å². The van der Waals surface area contributed by atoms with Gasteiger partial charge in [-0.25, -0.2) is 4.98 Å². The van der Waals surface area contributed by atoms with Crippen molar-refractivity contribution in [2.75, 3.05) is 0 Å². The molecule has 1 rings (SSSR count). The third-order valence-electron chi connectivity index (χ3n) is 1.59. The van der Waals surface area contributed by atoms with Crippen LogP contribution in [0.15, 0.2) is 17.4 Å². The molecule has 1 aromatic rings. The molecule has 64 valence electrons. The van der Waals surface area contributed by atoms with Gasteiger partial charge in [-0.2, -0.15) is 4.99 Å². The zero-order valence-corrected chi connectivity index (χ0v) is 7.84. The Bertz CT molecular complexity index is 286. The summed E-state index contributed by atoms with van der Waals surface area (Å²) in [5.41, 5.74) is 0. The predicted octanol–water partition coefficient (Wildman–Crippen LogP) is 2.42. The Kier molecular flexibility index (Phi) is 3.64. The third kappa shape index (κ3) is 2.26. The van der Waals surface area contributed by atoms with Gasteiger partial charge in [0.1, 0.15) is 0 Å². The molecule has 0 bridgehead atoms. The number of nitrogens with zero attached hydrogens (tertiary/aromatic N) is 3. The fourth-order valence-corrected chi connectivity index (χ4v) is 1.04. The first kappa shape index (κ1) is 9.10. The Morgan fingerprint density at radius 1 is 1.75 bits per heavy atom. The van der Waals surface area contributed by atoms with Gasteiger partial charge in [0.05, 0.1) is 5.16 Å². The normalized spacial score (nSPS) is 9.42. The van der Waals surface area contributed by atoms with Crippen molar-refractivity contribution in [3.8, 4) is 0 Å². The number of aryl methyl sites for hydroxylation is 1. The van der Waals surface area contributed by atoms with Crippen LogP contribution in [0.4, 0.5) is 5.95 Å². The lowest BCUT2D eigenvalue weighted by atomic mass is 10.3. The molecular weight excluding hydrogens is 170 g/mol. The fraction of sp³-hybridized carbons (Fsp3) is 0.500. The van der Waals surface area contributed by atoms with Gasteiger partial charge < -0.3 is 4.57 Å². The molecule has 0 N–H and O–H groups in total. The highest BCUT2D eigenvalue weighted by Crippen LogP contribution is 2.08. The van der Waals surface area contributed by atoms with E-state index >= 15 is 0 Å². The van der Waals surface area contributed by atoms with Crippen LogP contribution in [-0.2, 0) is 6.54 Å². The summed E-state index contributed by atoms with van der Waals surface area (Å²) in [4.78, 5) is 7.86. The van der Waals surface area contributed by atoms with E-state index in [2.05, 4.69) is 34.3 Å². The summed E-state index contributed by atoms with van der Waals surface area (Å²) in [7, 11) is 0. The molecule has 0 radical (unpaired) electrons. The van der Waals surface area contributed by atoms with Crippen LogP contribution in [0, 0.1) is 0 Å². The number of thiocarbonyl (C=S) groups is 1. The van der Waals surface area contributed by atoms with E-state index in [1.54, 1.807) is 6.20 Å². The van der Waals surface area contributed by atoms with E-state index in [1.807, 2.05) is 10.8 Å². The van der Waals surface area contributed by atoms with Crippen molar-refractivity contribution in [1.82, 2.24) is 9.55 Å². The number of imidazole rings is 1. The van der Waals surface area contributed by atoms with Crippen molar-refractivity contribution < 1.29 is 0 Å². The molecule has 0 aliphatic rings. The molecule has 3 nitrogen and oxygen atoms in total. The summed E-state index contributed by atoms with van der Waals surface area (Å²) in [5, 5.41) is 2.31. The summed E-state index contributed by atoms with van der Waals surface area (Å²) in [6, 6.07) is 0. The molecule has 0 amide bonds. The lowest BCUT2D eigenvalue weighted by molar-refractivity contribution is 0.635. The number of unbranched alkanes of at least 4 members (excludes halogenated alkanes) is 1. The van der Waals surface area contributed by atoms with Gasteiger partial charge in [0.2, 0.25) is 5.95 Å². The first-order valence-electron chi connectivity index (χ1n) is 3.97. The van der Waals surface area contributed by atoms with Crippen LogP contribution in [0.1, 0.15) is 19.8 Å². The van der Waals surface area contributed by atoms with Crippen LogP contribution in [0.3, 0.4) is 0 Å². The van der Waals surface area contributed by atoms with Gasteiger partial charge in [0, 0.05) is 18.9 Å². The second kappa shape index (κ2) is 4.80. The maximum atomic E-state index is 4.50. The molecule has 1 heterocycles. The average Bonchev–Trinajstić information content (AvgIpc) is 2.50. The third-order valence-corrected chi connectivity index (χ3v) is 1.68. The average molecular weight is 181 g/mol. The number of rotatable bonds is 4. The topological polar surface area (TPSA) is 30.2 Å². The van der Waals surface area contributed by atoms with Crippen LogP contribution in [0.2, 0.25) is 0 Å². The molecule has 0 aliphatic carbocycles. The van der Waals surface area contributed by atoms with Gasteiger partial charge in [0.15, 0.2) is 0 Å². The first-order chi connectivity index (χ1) is 5.88. The summed E-state index contributed by atoms with van der Waals surface area (Å²) in [6.45, 7) is 3.10. The number of hydrogen-bond acceptors (Lipinski definition) is 3. The molecule has 0 aromatic carbocycles. The SMILES string of the molecule is CCCCn1ccnc1N=C=S. The minimum Gasteiger partial charge on any atom is -0.315 e. The van der Waals surface area contributed by atoms with E-state index in [0.29, 0.717) is 5.95 Å². The molecule has 0 fully saturated rings. The van der Waals surface area contributed by atoms with E-state index in [0.717, 1.165) is 13.0 Å². The smallest absolute Gasteiger partial charge is 0.238 e. The summed E-state index contributed by atoms with van der Waals surface area (Å²) < 4.78 is 1.98. The van der Waals surface area contributed by atoms with Crippen molar-refractivity contribution in [3.05, 3.63) is 12.4 Å². The Hall–Kier alpha value is -0.990. The maximum Gasteiger partial charge on any atom is 0.238 e. The van der Waals surface area contributed by atoms with Crippen LogP contribution >= 0.6 is 12.2 Å². The maximum absolute atomic E-state index is 4.50. The van der Waals surface area contributed by atoms with Crippen molar-refractivity contribution >= 4 is 23.3 Å². The van der Waals surface area contributed by atoms with E-state index < -0.39 is 0 Å². The largest absolute Gasteiger partial charge is 0.315 e. The molecule has 12 heavy (non-hydrogen) atoms. The molecular formula is C8H11N3S. The van der Waals surface area contributed by atoms with Gasteiger partial charge in [-0.05, 0) is 18.6 Å². The lowest BCUT2D eigenvalue weighted by Gasteiger charge is -2.00. The first-order valence-corrected chi connectivity index (χ1v) is 4.38. The molecule has 0 saturated heterocycles. The lowest BCUT2D eigenvalue weighted by Crippen LogP contribution is -1.94. The van der Waals surface area contributed by atoms with Crippen molar-refractivity contribution in [1.29, 1.82) is 0 Å². The second-order valence-corrected chi connectivity index (χ2v) is 2.66. The number of aromatic nitrogens is 2. The van der Waals surface area contributed by atoms with Gasteiger partial charge in [0.25, 0.3) is 0 Å². The highest BCUT2D eigenvalue weighted by atomic mass is 32.1. The standard InChI is InChI=1S/C8H11N3S/c1-2-3-5-11-6-4-9-8(11)10-7-12/h4,6H,2-3,5H2,1H3. The molecule has 0 spiro atoms. The molecule has 0 unspecified atom stereocenters. The number of isothiocyanates is 1. The molecule has 0 atom stereocenters.